The van der Waals surface area contributed by atoms with Crippen LogP contribution in [0.15, 0.2) is 66.9 Å². The Balaban J connectivity index is 1.35. The maximum Gasteiger partial charge on any atom is 0.354 e. The fourth-order valence-corrected chi connectivity index (χ4v) is 4.81. The van der Waals surface area contributed by atoms with Crippen molar-refractivity contribution in [2.75, 3.05) is 79.0 Å². The van der Waals surface area contributed by atoms with E-state index in [1.165, 1.54) is 17.2 Å². The number of carboxylic acid groups (broad SMARTS) is 1. The number of benzene rings is 1. The summed E-state index contributed by atoms with van der Waals surface area (Å²) in [7, 11) is 0. The molecule has 0 spiro atoms. The fraction of sp³-hybridized carbons (Fsp3) is 0.469. The lowest BCUT2D eigenvalue weighted by atomic mass is 10.00. The number of rotatable bonds is 6. The summed E-state index contributed by atoms with van der Waals surface area (Å²) in [5.41, 5.74) is 4.13. The van der Waals surface area contributed by atoms with Crippen LogP contribution in [0.3, 0.4) is 0 Å². The highest BCUT2D eigenvalue weighted by Crippen LogP contribution is 2.27. The lowest BCUT2D eigenvalue weighted by Crippen LogP contribution is -2.36. The summed E-state index contributed by atoms with van der Waals surface area (Å²) < 4.78 is 23.7. The molecule has 1 N–H and O–H groups in total. The number of aryl methyl sites for hydroxylation is 1. The van der Waals surface area contributed by atoms with Gasteiger partial charge in [0.05, 0.1) is 70.3 Å². The van der Waals surface area contributed by atoms with Gasteiger partial charge < -0.3 is 24.1 Å². The van der Waals surface area contributed by atoms with Crippen molar-refractivity contribution in [2.45, 2.75) is 19.5 Å². The van der Waals surface area contributed by atoms with Gasteiger partial charge in [-0.15, -0.1) is 0 Å². The molecule has 0 bridgehead atoms. The number of aromatic nitrogens is 2. The zero-order valence-corrected chi connectivity index (χ0v) is 24.4. The van der Waals surface area contributed by atoms with E-state index in [1.807, 2.05) is 24.4 Å². The SMILES string of the molecule is Cc1ccc(C(c2ccccn2)N2CCOCCOCCN(Cc3cccc(C(=O)O)n3)CCOCCOCC2)cc1. The van der Waals surface area contributed by atoms with Gasteiger partial charge in [-0.1, -0.05) is 42.0 Å². The highest BCUT2D eigenvalue weighted by Gasteiger charge is 2.23. The van der Waals surface area contributed by atoms with Crippen molar-refractivity contribution < 1.29 is 28.8 Å². The molecule has 3 heterocycles. The molecule has 3 aromatic rings. The molecule has 1 aliphatic heterocycles. The third kappa shape index (κ3) is 10.5. The highest BCUT2D eigenvalue weighted by atomic mass is 16.5. The van der Waals surface area contributed by atoms with Gasteiger partial charge in [0.15, 0.2) is 0 Å². The maximum absolute atomic E-state index is 11.3. The number of pyridine rings is 2. The summed E-state index contributed by atoms with van der Waals surface area (Å²) in [5.74, 6) is -1.03. The molecule has 1 aliphatic rings. The smallest absolute Gasteiger partial charge is 0.354 e. The summed E-state index contributed by atoms with van der Waals surface area (Å²) in [6.07, 6.45) is 1.84. The molecule has 10 heteroatoms. The Bertz CT molecular complexity index is 1180. The van der Waals surface area contributed by atoms with Crippen molar-refractivity contribution in [1.29, 1.82) is 0 Å². The molecular formula is C32H42N4O6. The summed E-state index contributed by atoms with van der Waals surface area (Å²) in [6.45, 7) is 9.47. The first kappa shape index (κ1) is 31.7. The van der Waals surface area contributed by atoms with Crippen molar-refractivity contribution in [2.24, 2.45) is 0 Å². The van der Waals surface area contributed by atoms with Gasteiger partial charge in [-0.3, -0.25) is 14.8 Å². The van der Waals surface area contributed by atoms with E-state index in [1.54, 1.807) is 6.07 Å². The van der Waals surface area contributed by atoms with E-state index in [-0.39, 0.29) is 11.7 Å². The Kier molecular flexibility index (Phi) is 13.3. The van der Waals surface area contributed by atoms with Gasteiger partial charge in [0.2, 0.25) is 0 Å². The lowest BCUT2D eigenvalue weighted by Gasteiger charge is -2.32. The second-order valence-electron chi connectivity index (χ2n) is 10.1. The van der Waals surface area contributed by atoms with Gasteiger partial charge in [0, 0.05) is 38.9 Å². The predicted molar refractivity (Wildman–Crippen MR) is 159 cm³/mol. The molecule has 10 nitrogen and oxygen atoms in total. The number of aromatic carboxylic acids is 1. The quantitative estimate of drug-likeness (QED) is 0.467. The van der Waals surface area contributed by atoms with Crippen LogP contribution in [-0.4, -0.2) is 110 Å². The minimum atomic E-state index is -1.03. The maximum atomic E-state index is 11.3. The zero-order chi connectivity index (χ0) is 29.4. The number of carboxylic acids is 1. The summed E-state index contributed by atoms with van der Waals surface area (Å²) in [5, 5.41) is 9.26. The van der Waals surface area contributed by atoms with Crippen LogP contribution in [-0.2, 0) is 25.5 Å². The van der Waals surface area contributed by atoms with Gasteiger partial charge in [0.25, 0.3) is 0 Å². The monoisotopic (exact) mass is 578 g/mol. The van der Waals surface area contributed by atoms with Crippen LogP contribution in [0.4, 0.5) is 0 Å². The molecule has 1 saturated heterocycles. The molecule has 226 valence electrons. The van der Waals surface area contributed by atoms with Gasteiger partial charge >= 0.3 is 5.97 Å². The second kappa shape index (κ2) is 17.6. The summed E-state index contributed by atoms with van der Waals surface area (Å²) in [6, 6.07) is 19.7. The van der Waals surface area contributed by atoms with Crippen LogP contribution in [0, 0.1) is 6.92 Å². The molecule has 0 radical (unpaired) electrons. The Morgan fingerprint density at radius 3 is 1.98 bits per heavy atom. The molecule has 1 fully saturated rings. The van der Waals surface area contributed by atoms with Crippen LogP contribution < -0.4 is 0 Å². The molecule has 0 saturated carbocycles. The zero-order valence-electron chi connectivity index (χ0n) is 24.4. The minimum absolute atomic E-state index is 0.0197. The van der Waals surface area contributed by atoms with Crippen LogP contribution in [0.1, 0.15) is 39.0 Å². The predicted octanol–water partition coefficient (Wildman–Crippen LogP) is 3.46. The first-order valence-electron chi connectivity index (χ1n) is 14.5. The average molecular weight is 579 g/mol. The van der Waals surface area contributed by atoms with Crippen molar-refractivity contribution in [1.82, 2.24) is 19.8 Å². The van der Waals surface area contributed by atoms with E-state index in [4.69, 9.17) is 23.9 Å². The summed E-state index contributed by atoms with van der Waals surface area (Å²) >= 11 is 0. The summed E-state index contributed by atoms with van der Waals surface area (Å²) in [4.78, 5) is 24.8. The van der Waals surface area contributed by atoms with Crippen molar-refractivity contribution >= 4 is 5.97 Å². The van der Waals surface area contributed by atoms with E-state index < -0.39 is 5.97 Å². The Morgan fingerprint density at radius 1 is 0.786 bits per heavy atom. The molecule has 0 aliphatic carbocycles. The van der Waals surface area contributed by atoms with Gasteiger partial charge in [0.1, 0.15) is 5.69 Å². The average Bonchev–Trinajstić information content (AvgIpc) is 3.00. The van der Waals surface area contributed by atoms with E-state index >= 15 is 0 Å². The fourth-order valence-electron chi connectivity index (χ4n) is 4.81. The lowest BCUT2D eigenvalue weighted by molar-refractivity contribution is 0.00332. The van der Waals surface area contributed by atoms with Gasteiger partial charge in [-0.25, -0.2) is 9.78 Å². The molecule has 42 heavy (non-hydrogen) atoms. The van der Waals surface area contributed by atoms with Crippen LogP contribution in [0.5, 0.6) is 0 Å². The third-order valence-electron chi connectivity index (χ3n) is 7.03. The van der Waals surface area contributed by atoms with Crippen LogP contribution in [0.2, 0.25) is 0 Å². The highest BCUT2D eigenvalue weighted by molar-refractivity contribution is 5.85. The second-order valence-corrected chi connectivity index (χ2v) is 10.1. The van der Waals surface area contributed by atoms with E-state index in [9.17, 15) is 9.90 Å². The Hall–Kier alpha value is -3.25. The van der Waals surface area contributed by atoms with Crippen molar-refractivity contribution in [3.05, 3.63) is 95.1 Å². The molecule has 4 rings (SSSR count). The van der Waals surface area contributed by atoms with Gasteiger partial charge in [-0.2, -0.15) is 0 Å². The van der Waals surface area contributed by atoms with E-state index in [2.05, 4.69) is 52.0 Å². The first-order valence-corrected chi connectivity index (χ1v) is 14.5. The van der Waals surface area contributed by atoms with E-state index in [0.29, 0.717) is 91.3 Å². The molecule has 2 aromatic heterocycles. The van der Waals surface area contributed by atoms with E-state index in [0.717, 1.165) is 5.69 Å². The van der Waals surface area contributed by atoms with Crippen LogP contribution >= 0.6 is 0 Å². The van der Waals surface area contributed by atoms with Crippen molar-refractivity contribution in [3.8, 4) is 0 Å². The Labute approximate surface area is 248 Å². The molecule has 0 amide bonds. The molecule has 1 unspecified atom stereocenters. The standard InChI is InChI=1S/C32H42N4O6/c1-26-8-10-27(11-9-26)31(29-6-2-3-12-33-29)36-15-19-41-23-21-39-17-13-35(14-18-40-22-24-42-20-16-36)25-28-5-4-7-30(34-28)32(37)38/h2-12,31H,13-25H2,1H3,(H,37,38). The first-order chi connectivity index (χ1) is 20.6. The largest absolute Gasteiger partial charge is 0.477 e. The molecule has 1 atom stereocenters. The number of carbonyl (C=O) groups is 1. The van der Waals surface area contributed by atoms with Crippen LogP contribution in [0.25, 0.3) is 0 Å². The minimum Gasteiger partial charge on any atom is -0.477 e. The molecular weight excluding hydrogens is 536 g/mol. The Morgan fingerprint density at radius 2 is 1.40 bits per heavy atom. The number of ether oxygens (including phenoxy) is 4. The normalized spacial score (nSPS) is 18.5. The number of nitrogens with zero attached hydrogens (tertiary/aromatic N) is 4. The number of hydrogen-bond donors (Lipinski definition) is 1. The topological polar surface area (TPSA) is 106 Å². The molecule has 1 aromatic carbocycles. The van der Waals surface area contributed by atoms with Gasteiger partial charge in [-0.05, 0) is 36.8 Å². The van der Waals surface area contributed by atoms with Crippen molar-refractivity contribution in [3.63, 3.8) is 0 Å². The third-order valence-corrected chi connectivity index (χ3v) is 7.03. The number of hydrogen-bond acceptors (Lipinski definition) is 9.